The summed E-state index contributed by atoms with van der Waals surface area (Å²) < 4.78 is 5.38. The molecule has 0 heterocycles. The number of hydrogen-bond acceptors (Lipinski definition) is 2. The van der Waals surface area contributed by atoms with Gasteiger partial charge in [-0.3, -0.25) is 0 Å². The highest BCUT2D eigenvalue weighted by Gasteiger charge is 2.41. The molecule has 2 aliphatic rings. The molecule has 3 rings (SSSR count). The lowest BCUT2D eigenvalue weighted by atomic mass is 9.69. The third-order valence-corrected chi connectivity index (χ3v) is 4.94. The van der Waals surface area contributed by atoms with Crippen LogP contribution in [0.2, 0.25) is 0 Å². The van der Waals surface area contributed by atoms with Gasteiger partial charge in [-0.15, -0.1) is 0 Å². The molecule has 0 aliphatic heterocycles. The fourth-order valence-corrected chi connectivity index (χ4v) is 3.90. The molecule has 2 nitrogen and oxygen atoms in total. The zero-order valence-electron chi connectivity index (χ0n) is 11.2. The number of ether oxygens (including phenoxy) is 1. The average Bonchev–Trinajstić information content (AvgIpc) is 2.93. The van der Waals surface area contributed by atoms with E-state index in [2.05, 4.69) is 18.2 Å². The van der Waals surface area contributed by atoms with Crippen LogP contribution in [0.1, 0.15) is 49.7 Å². The second kappa shape index (κ2) is 4.58. The van der Waals surface area contributed by atoms with Gasteiger partial charge in [-0.1, -0.05) is 18.9 Å². The van der Waals surface area contributed by atoms with E-state index in [0.717, 1.165) is 12.2 Å². The third kappa shape index (κ3) is 1.83. The van der Waals surface area contributed by atoms with E-state index in [1.54, 1.807) is 7.11 Å². The number of rotatable bonds is 2. The standard InChI is InChI=1S/C16H23NO/c1-18-14-9-8-12-5-4-10-16(17,15(12)11-14)13-6-2-3-7-13/h8-9,11,13H,2-7,10,17H2,1H3. The van der Waals surface area contributed by atoms with E-state index in [0.29, 0.717) is 5.92 Å². The molecule has 2 heteroatoms. The van der Waals surface area contributed by atoms with Crippen molar-refractivity contribution < 1.29 is 4.74 Å². The fraction of sp³-hybridized carbons (Fsp3) is 0.625. The smallest absolute Gasteiger partial charge is 0.119 e. The van der Waals surface area contributed by atoms with Crippen LogP contribution in [-0.2, 0) is 12.0 Å². The Labute approximate surface area is 110 Å². The van der Waals surface area contributed by atoms with Crippen molar-refractivity contribution in [3.63, 3.8) is 0 Å². The molecule has 1 saturated carbocycles. The Morgan fingerprint density at radius 1 is 1.22 bits per heavy atom. The fourth-order valence-electron chi connectivity index (χ4n) is 3.90. The zero-order valence-corrected chi connectivity index (χ0v) is 11.2. The van der Waals surface area contributed by atoms with Crippen molar-refractivity contribution in [2.75, 3.05) is 7.11 Å². The van der Waals surface area contributed by atoms with Gasteiger partial charge in [0.2, 0.25) is 0 Å². The van der Waals surface area contributed by atoms with Gasteiger partial charge in [0, 0.05) is 5.54 Å². The van der Waals surface area contributed by atoms with E-state index in [1.807, 2.05) is 0 Å². The van der Waals surface area contributed by atoms with Crippen LogP contribution in [0.4, 0.5) is 0 Å². The highest BCUT2D eigenvalue weighted by Crippen LogP contribution is 2.46. The maximum Gasteiger partial charge on any atom is 0.119 e. The average molecular weight is 245 g/mol. The van der Waals surface area contributed by atoms with E-state index < -0.39 is 0 Å². The lowest BCUT2D eigenvalue weighted by molar-refractivity contribution is 0.240. The molecule has 0 amide bonds. The Bertz CT molecular complexity index is 437. The number of hydrogen-bond donors (Lipinski definition) is 1. The first-order chi connectivity index (χ1) is 8.74. The summed E-state index contributed by atoms with van der Waals surface area (Å²) in [6.07, 6.45) is 8.83. The monoisotopic (exact) mass is 245 g/mol. The topological polar surface area (TPSA) is 35.2 Å². The van der Waals surface area contributed by atoms with Crippen LogP contribution in [0.25, 0.3) is 0 Å². The number of fused-ring (bicyclic) bond motifs is 1. The third-order valence-electron chi connectivity index (χ3n) is 4.94. The Hall–Kier alpha value is -1.02. The minimum Gasteiger partial charge on any atom is -0.497 e. The first kappa shape index (κ1) is 12.0. The van der Waals surface area contributed by atoms with Crippen molar-refractivity contribution >= 4 is 0 Å². The van der Waals surface area contributed by atoms with Crippen LogP contribution in [0.15, 0.2) is 18.2 Å². The number of nitrogens with two attached hydrogens (primary N) is 1. The first-order valence-corrected chi connectivity index (χ1v) is 7.20. The maximum absolute atomic E-state index is 6.84. The number of aryl methyl sites for hydroxylation is 1. The lowest BCUT2D eigenvalue weighted by Crippen LogP contribution is -2.45. The molecular weight excluding hydrogens is 222 g/mol. The molecule has 2 aliphatic carbocycles. The van der Waals surface area contributed by atoms with Gasteiger partial charge in [-0.05, 0) is 61.3 Å². The molecule has 1 atom stereocenters. The Balaban J connectivity index is 2.03. The summed E-state index contributed by atoms with van der Waals surface area (Å²) in [5.41, 5.74) is 9.55. The Morgan fingerprint density at radius 3 is 2.72 bits per heavy atom. The van der Waals surface area contributed by atoms with E-state index in [-0.39, 0.29) is 5.54 Å². The van der Waals surface area contributed by atoms with Crippen LogP contribution in [0, 0.1) is 5.92 Å². The van der Waals surface area contributed by atoms with Crippen molar-refractivity contribution in [2.24, 2.45) is 11.7 Å². The summed E-state index contributed by atoms with van der Waals surface area (Å²) in [6, 6.07) is 6.47. The number of methoxy groups -OCH3 is 1. The normalized spacial score (nSPS) is 28.1. The molecule has 1 aromatic carbocycles. The van der Waals surface area contributed by atoms with Crippen LogP contribution < -0.4 is 10.5 Å². The maximum atomic E-state index is 6.84. The Kier molecular flexibility index (Phi) is 3.06. The Morgan fingerprint density at radius 2 is 2.00 bits per heavy atom. The van der Waals surface area contributed by atoms with Crippen LogP contribution in [0.5, 0.6) is 5.75 Å². The van der Waals surface area contributed by atoms with Gasteiger partial charge >= 0.3 is 0 Å². The predicted octanol–water partition coefficient (Wildman–Crippen LogP) is 3.38. The molecule has 2 N–H and O–H groups in total. The summed E-state index contributed by atoms with van der Waals surface area (Å²) in [4.78, 5) is 0. The molecule has 0 aromatic heterocycles. The lowest BCUT2D eigenvalue weighted by Gasteiger charge is -2.41. The molecule has 0 spiro atoms. The van der Waals surface area contributed by atoms with E-state index in [1.165, 1.54) is 49.7 Å². The van der Waals surface area contributed by atoms with Crippen molar-refractivity contribution in [2.45, 2.75) is 50.5 Å². The summed E-state index contributed by atoms with van der Waals surface area (Å²) in [5.74, 6) is 1.62. The van der Waals surface area contributed by atoms with Crippen molar-refractivity contribution in [3.05, 3.63) is 29.3 Å². The van der Waals surface area contributed by atoms with E-state index in [4.69, 9.17) is 10.5 Å². The van der Waals surface area contributed by atoms with Gasteiger partial charge in [-0.2, -0.15) is 0 Å². The molecule has 0 bridgehead atoms. The minimum atomic E-state index is -0.0986. The predicted molar refractivity (Wildman–Crippen MR) is 73.8 cm³/mol. The van der Waals surface area contributed by atoms with Crippen LogP contribution >= 0.6 is 0 Å². The summed E-state index contributed by atoms with van der Waals surface area (Å²) in [7, 11) is 1.73. The van der Waals surface area contributed by atoms with E-state index in [9.17, 15) is 0 Å². The van der Waals surface area contributed by atoms with Crippen molar-refractivity contribution in [3.8, 4) is 5.75 Å². The first-order valence-electron chi connectivity index (χ1n) is 7.20. The largest absolute Gasteiger partial charge is 0.497 e. The molecule has 1 aromatic rings. The summed E-state index contributed by atoms with van der Waals surface area (Å²) in [6.45, 7) is 0. The molecule has 98 valence electrons. The highest BCUT2D eigenvalue weighted by molar-refractivity contribution is 5.42. The van der Waals surface area contributed by atoms with Gasteiger partial charge in [0.05, 0.1) is 7.11 Å². The zero-order chi connectivity index (χ0) is 12.6. The summed E-state index contributed by atoms with van der Waals surface area (Å²) >= 11 is 0. The quantitative estimate of drug-likeness (QED) is 0.867. The van der Waals surface area contributed by atoms with Crippen molar-refractivity contribution in [1.29, 1.82) is 0 Å². The molecule has 1 unspecified atom stereocenters. The van der Waals surface area contributed by atoms with Gasteiger partial charge in [-0.25, -0.2) is 0 Å². The molecule has 0 saturated heterocycles. The number of benzene rings is 1. The molecule has 18 heavy (non-hydrogen) atoms. The SMILES string of the molecule is COc1ccc2c(c1)C(N)(C1CCCC1)CCC2. The van der Waals surface area contributed by atoms with Gasteiger partial charge < -0.3 is 10.5 Å². The van der Waals surface area contributed by atoms with Gasteiger partial charge in [0.1, 0.15) is 5.75 Å². The molecule has 1 fully saturated rings. The molecule has 0 radical (unpaired) electrons. The van der Waals surface area contributed by atoms with Gasteiger partial charge in [0.25, 0.3) is 0 Å². The minimum absolute atomic E-state index is 0.0986. The van der Waals surface area contributed by atoms with Crippen LogP contribution in [0.3, 0.4) is 0 Å². The van der Waals surface area contributed by atoms with Crippen LogP contribution in [-0.4, -0.2) is 7.11 Å². The van der Waals surface area contributed by atoms with Crippen molar-refractivity contribution in [1.82, 2.24) is 0 Å². The second-order valence-corrected chi connectivity index (χ2v) is 5.90. The van der Waals surface area contributed by atoms with Gasteiger partial charge in [0.15, 0.2) is 0 Å². The second-order valence-electron chi connectivity index (χ2n) is 5.90. The summed E-state index contributed by atoms with van der Waals surface area (Å²) in [5, 5.41) is 0. The van der Waals surface area contributed by atoms with E-state index >= 15 is 0 Å². The highest BCUT2D eigenvalue weighted by atomic mass is 16.5. The molecular formula is C16H23NO.